The summed E-state index contributed by atoms with van der Waals surface area (Å²) in [6.07, 6.45) is 3.44. The van der Waals surface area contributed by atoms with Gasteiger partial charge in [0.2, 0.25) is 0 Å². The quantitative estimate of drug-likeness (QED) is 0.792. The number of rotatable bonds is 6. The van der Waals surface area contributed by atoms with E-state index in [1.54, 1.807) is 0 Å². The Kier molecular flexibility index (Phi) is 5.19. The Balaban J connectivity index is 1.56. The molecule has 27 heavy (non-hydrogen) atoms. The van der Waals surface area contributed by atoms with E-state index in [0.717, 1.165) is 35.5 Å². The Morgan fingerprint density at radius 2 is 2.11 bits per heavy atom. The predicted octanol–water partition coefficient (Wildman–Crippen LogP) is 2.63. The summed E-state index contributed by atoms with van der Waals surface area (Å²) in [6, 6.07) is 6.61. The first-order valence-corrected chi connectivity index (χ1v) is 10.1. The van der Waals surface area contributed by atoms with Crippen LogP contribution in [0.1, 0.15) is 48.8 Å². The van der Waals surface area contributed by atoms with Gasteiger partial charge in [-0.1, -0.05) is 6.07 Å². The van der Waals surface area contributed by atoms with Gasteiger partial charge in [-0.2, -0.15) is 5.10 Å². The predicted molar refractivity (Wildman–Crippen MR) is 106 cm³/mol. The summed E-state index contributed by atoms with van der Waals surface area (Å²) in [6.45, 7) is 8.80. The molecule has 146 valence electrons. The van der Waals surface area contributed by atoms with Crippen molar-refractivity contribution in [1.82, 2.24) is 20.0 Å². The molecule has 1 atom stereocenters. The van der Waals surface area contributed by atoms with Gasteiger partial charge in [-0.25, -0.2) is 4.79 Å². The Morgan fingerprint density at radius 3 is 2.74 bits per heavy atom. The van der Waals surface area contributed by atoms with Crippen LogP contribution in [-0.4, -0.2) is 60.0 Å². The zero-order chi connectivity index (χ0) is 19.0. The van der Waals surface area contributed by atoms with Crippen LogP contribution < -0.4 is 5.32 Å². The van der Waals surface area contributed by atoms with E-state index in [0.29, 0.717) is 11.6 Å². The van der Waals surface area contributed by atoms with E-state index in [2.05, 4.69) is 24.1 Å². The van der Waals surface area contributed by atoms with Gasteiger partial charge in [-0.3, -0.25) is 4.68 Å². The van der Waals surface area contributed by atoms with E-state index in [-0.39, 0.29) is 12.0 Å². The molecule has 2 bridgehead atoms. The van der Waals surface area contributed by atoms with E-state index in [1.807, 2.05) is 22.9 Å². The highest BCUT2D eigenvalue weighted by atomic mass is 16.5. The minimum absolute atomic E-state index is 0.240. The number of hydrogen-bond donors (Lipinski definition) is 1. The molecule has 3 aliphatic rings. The lowest BCUT2D eigenvalue weighted by molar-refractivity contribution is 0.0603. The number of nitrogens with zero attached hydrogens (tertiary/aromatic N) is 3. The van der Waals surface area contributed by atoms with Crippen molar-refractivity contribution < 1.29 is 9.53 Å². The van der Waals surface area contributed by atoms with E-state index in [4.69, 9.17) is 9.84 Å². The molecule has 2 aromatic rings. The molecule has 0 saturated carbocycles. The number of esters is 1. The fourth-order valence-corrected chi connectivity index (χ4v) is 4.69. The first-order chi connectivity index (χ1) is 13.1. The van der Waals surface area contributed by atoms with Gasteiger partial charge < -0.3 is 15.0 Å². The van der Waals surface area contributed by atoms with Crippen molar-refractivity contribution in [2.24, 2.45) is 5.92 Å². The molecule has 0 aliphatic carbocycles. The van der Waals surface area contributed by atoms with Crippen LogP contribution in [0.4, 0.5) is 0 Å². The minimum Gasteiger partial charge on any atom is -0.465 e. The fraction of sp³-hybridized carbons (Fsp3) is 0.619. The third kappa shape index (κ3) is 3.48. The van der Waals surface area contributed by atoms with Crippen molar-refractivity contribution in [3.05, 3.63) is 29.5 Å². The van der Waals surface area contributed by atoms with Gasteiger partial charge in [0.1, 0.15) is 0 Å². The number of methoxy groups -OCH3 is 1. The zero-order valence-electron chi connectivity index (χ0n) is 16.6. The molecule has 5 rings (SSSR count). The molecule has 6 heteroatoms. The lowest BCUT2D eigenvalue weighted by Crippen LogP contribution is -2.56. The summed E-state index contributed by atoms with van der Waals surface area (Å²) in [5.41, 5.74) is 2.60. The van der Waals surface area contributed by atoms with Gasteiger partial charge in [0.15, 0.2) is 0 Å². The fourth-order valence-electron chi connectivity index (χ4n) is 4.69. The van der Waals surface area contributed by atoms with Crippen LogP contribution in [0.3, 0.4) is 0 Å². The highest BCUT2D eigenvalue weighted by molar-refractivity contribution is 6.04. The highest BCUT2D eigenvalue weighted by Crippen LogP contribution is 2.28. The zero-order valence-corrected chi connectivity index (χ0v) is 16.6. The number of carbonyl (C=O) groups is 1. The van der Waals surface area contributed by atoms with E-state index in [9.17, 15) is 4.79 Å². The second-order valence-electron chi connectivity index (χ2n) is 8.12. The number of benzene rings is 1. The molecule has 3 fully saturated rings. The highest BCUT2D eigenvalue weighted by Gasteiger charge is 2.33. The molecular formula is C21H30N4O2. The van der Waals surface area contributed by atoms with Crippen LogP contribution in [0.2, 0.25) is 0 Å². The molecule has 3 saturated heterocycles. The second-order valence-corrected chi connectivity index (χ2v) is 8.12. The topological polar surface area (TPSA) is 59.4 Å². The molecule has 1 aromatic heterocycles. The molecule has 0 amide bonds. The van der Waals surface area contributed by atoms with E-state index in [1.165, 1.54) is 39.6 Å². The van der Waals surface area contributed by atoms with Crippen molar-refractivity contribution in [3.63, 3.8) is 0 Å². The first-order valence-electron chi connectivity index (χ1n) is 10.1. The number of hydrogen-bond acceptors (Lipinski definition) is 5. The van der Waals surface area contributed by atoms with Gasteiger partial charge in [0, 0.05) is 37.0 Å². The van der Waals surface area contributed by atoms with Gasteiger partial charge >= 0.3 is 5.97 Å². The first kappa shape index (κ1) is 18.4. The number of ether oxygens (including phenoxy) is 1. The van der Waals surface area contributed by atoms with Gasteiger partial charge in [-0.15, -0.1) is 0 Å². The molecule has 4 heterocycles. The molecule has 1 aromatic carbocycles. The second kappa shape index (κ2) is 7.60. The molecule has 3 aliphatic heterocycles. The summed E-state index contributed by atoms with van der Waals surface area (Å²) >= 11 is 0. The molecule has 0 spiro atoms. The van der Waals surface area contributed by atoms with Crippen LogP contribution >= 0.6 is 0 Å². The van der Waals surface area contributed by atoms with Crippen LogP contribution in [0.25, 0.3) is 10.9 Å². The standard InChI is InChI=1S/C21H30N4O2/c1-14(2)25-19-6-4-5-16(21(26)27-3)20(19)17(23-25)7-10-22-18-13-24-11-8-15(18)9-12-24/h4-6,14-15,18,22H,7-13H2,1-3H3/t18-/m1/s1. The Labute approximate surface area is 160 Å². The largest absolute Gasteiger partial charge is 0.465 e. The molecule has 1 N–H and O–H groups in total. The Bertz CT molecular complexity index is 821. The summed E-state index contributed by atoms with van der Waals surface area (Å²) in [4.78, 5) is 14.9. The van der Waals surface area contributed by atoms with E-state index >= 15 is 0 Å². The smallest absolute Gasteiger partial charge is 0.338 e. The molecule has 0 radical (unpaired) electrons. The normalized spacial score (nSPS) is 24.7. The Hall–Kier alpha value is -1.92. The third-order valence-corrected chi connectivity index (χ3v) is 6.13. The number of piperidine rings is 3. The van der Waals surface area contributed by atoms with Crippen molar-refractivity contribution in [2.75, 3.05) is 33.3 Å². The van der Waals surface area contributed by atoms with Crippen molar-refractivity contribution in [1.29, 1.82) is 0 Å². The molecule has 0 unspecified atom stereocenters. The van der Waals surface area contributed by atoms with Gasteiger partial charge in [-0.05, 0) is 57.8 Å². The lowest BCUT2D eigenvalue weighted by Gasteiger charge is -2.45. The number of fused-ring (bicyclic) bond motifs is 4. The third-order valence-electron chi connectivity index (χ3n) is 6.13. The van der Waals surface area contributed by atoms with Crippen LogP contribution in [0, 0.1) is 5.92 Å². The summed E-state index contributed by atoms with van der Waals surface area (Å²) in [7, 11) is 1.43. The number of nitrogens with one attached hydrogen (secondary N) is 1. The van der Waals surface area contributed by atoms with Crippen molar-refractivity contribution in [3.8, 4) is 0 Å². The maximum absolute atomic E-state index is 12.3. The minimum atomic E-state index is -0.296. The summed E-state index contributed by atoms with van der Waals surface area (Å²) < 4.78 is 7.02. The van der Waals surface area contributed by atoms with Crippen LogP contribution in [0.15, 0.2) is 18.2 Å². The maximum atomic E-state index is 12.3. The maximum Gasteiger partial charge on any atom is 0.338 e. The number of aromatic nitrogens is 2. The molecular weight excluding hydrogens is 340 g/mol. The van der Waals surface area contributed by atoms with Gasteiger partial charge in [0.25, 0.3) is 0 Å². The number of carbonyl (C=O) groups excluding carboxylic acids is 1. The average molecular weight is 370 g/mol. The SMILES string of the molecule is COC(=O)c1cccc2c1c(CCN[C@@H]1CN3CCC1CC3)nn2C(C)C. The van der Waals surface area contributed by atoms with Crippen molar-refractivity contribution >= 4 is 16.9 Å². The Morgan fingerprint density at radius 1 is 1.33 bits per heavy atom. The lowest BCUT2D eigenvalue weighted by atomic mass is 9.84. The monoisotopic (exact) mass is 370 g/mol. The van der Waals surface area contributed by atoms with Crippen LogP contribution in [-0.2, 0) is 11.2 Å². The van der Waals surface area contributed by atoms with Crippen LogP contribution in [0.5, 0.6) is 0 Å². The average Bonchev–Trinajstić information content (AvgIpc) is 3.07. The van der Waals surface area contributed by atoms with E-state index < -0.39 is 0 Å². The summed E-state index contributed by atoms with van der Waals surface area (Å²) in [5.74, 6) is 0.515. The summed E-state index contributed by atoms with van der Waals surface area (Å²) in [5, 5.41) is 9.55. The van der Waals surface area contributed by atoms with Gasteiger partial charge in [0.05, 0.1) is 23.9 Å². The molecule has 6 nitrogen and oxygen atoms in total. The van der Waals surface area contributed by atoms with Crippen molar-refractivity contribution in [2.45, 2.75) is 45.2 Å².